The molecular formula is C25H29F3O6S2. The van der Waals surface area contributed by atoms with E-state index in [-0.39, 0.29) is 5.30 Å². The number of carbonyl (C=O) groups excluding carboxylic acids is 1. The van der Waals surface area contributed by atoms with Crippen LogP contribution in [0.15, 0.2) is 106 Å². The number of hydrogen-bond donors (Lipinski definition) is 2. The van der Waals surface area contributed by atoms with E-state index in [9.17, 15) is 18.0 Å². The summed E-state index contributed by atoms with van der Waals surface area (Å²) in [5, 5.41) is -0.343. The van der Waals surface area contributed by atoms with Crippen LogP contribution in [0.2, 0.25) is 0 Å². The summed E-state index contributed by atoms with van der Waals surface area (Å²) < 4.78 is 70.0. The molecule has 3 aromatic carbocycles. The lowest BCUT2D eigenvalue weighted by atomic mass is 10.2. The van der Waals surface area contributed by atoms with Crippen molar-refractivity contribution in [2.75, 3.05) is 7.11 Å². The molecule has 36 heavy (non-hydrogen) atoms. The average molecular weight is 547 g/mol. The Morgan fingerprint density at radius 3 is 1.22 bits per heavy atom. The average Bonchev–Trinajstić information content (AvgIpc) is 2.81. The third-order valence-electron chi connectivity index (χ3n) is 5.15. The monoisotopic (exact) mass is 546 g/mol. The van der Waals surface area contributed by atoms with Crippen LogP contribution < -0.4 is 0 Å². The molecule has 1 N–H and O–H groups in total. The highest BCUT2D eigenvalue weighted by Crippen LogP contribution is 2.86. The van der Waals surface area contributed by atoms with E-state index in [1.165, 1.54) is 0 Å². The fourth-order valence-corrected chi connectivity index (χ4v) is 8.62. The van der Waals surface area contributed by atoms with Crippen molar-refractivity contribution < 1.29 is 39.9 Å². The van der Waals surface area contributed by atoms with Gasteiger partial charge in [0.05, 0.1) is 0 Å². The Morgan fingerprint density at radius 1 is 0.750 bits per heavy atom. The van der Waals surface area contributed by atoms with Gasteiger partial charge in [0.1, 0.15) is 5.60 Å². The van der Waals surface area contributed by atoms with Crippen molar-refractivity contribution in [3.05, 3.63) is 91.0 Å². The zero-order valence-electron chi connectivity index (χ0n) is 20.1. The summed E-state index contributed by atoms with van der Waals surface area (Å²) in [6.07, 6.45) is 0. The number of benzene rings is 3. The Labute approximate surface area is 209 Å². The molecule has 0 saturated carbocycles. The van der Waals surface area contributed by atoms with Crippen molar-refractivity contribution in [1.82, 2.24) is 0 Å². The zero-order valence-corrected chi connectivity index (χ0v) is 21.8. The first-order valence-electron chi connectivity index (χ1n) is 10.6. The molecule has 0 bridgehead atoms. The highest BCUT2D eigenvalue weighted by Gasteiger charge is 2.55. The summed E-state index contributed by atoms with van der Waals surface area (Å²) in [5.41, 5.74) is -6.19. The summed E-state index contributed by atoms with van der Waals surface area (Å²) in [7, 11) is -8.26. The molecule has 0 amide bonds. The molecule has 6 nitrogen and oxygen atoms in total. The molecule has 3 aromatic rings. The van der Waals surface area contributed by atoms with E-state index in [0.29, 0.717) is 0 Å². The van der Waals surface area contributed by atoms with Gasteiger partial charge >= 0.3 is 20.9 Å². The standard InChI is InChI=1S/C24H28O3S.CHF3O3S/c1-24(2,3)27-23(25)28(26-4,20-14-8-5-9-15-20,21-16-10-6-11-17-21)22-18-12-7-13-19-22;2-1(3,4)8(5,6)7/h5-19,28H,1-4H3;(H,5,6,7). The van der Waals surface area contributed by atoms with Crippen LogP contribution in [0.3, 0.4) is 0 Å². The largest absolute Gasteiger partial charge is 0.522 e. The number of ether oxygens (including phenoxy) is 1. The van der Waals surface area contributed by atoms with Gasteiger partial charge in [0.2, 0.25) is 0 Å². The van der Waals surface area contributed by atoms with Gasteiger partial charge in [0.25, 0.3) is 0 Å². The van der Waals surface area contributed by atoms with Crippen LogP contribution in [0.25, 0.3) is 0 Å². The third kappa shape index (κ3) is 5.59. The Hall–Kier alpha value is -2.86. The van der Waals surface area contributed by atoms with E-state index in [1.54, 1.807) is 7.11 Å². The van der Waals surface area contributed by atoms with Gasteiger partial charge in [-0.3, -0.25) is 4.55 Å². The van der Waals surface area contributed by atoms with Crippen molar-refractivity contribution in [2.24, 2.45) is 0 Å². The maximum atomic E-state index is 14.1. The summed E-state index contributed by atoms with van der Waals surface area (Å²) in [6, 6.07) is 29.2. The van der Waals surface area contributed by atoms with Gasteiger partial charge in [-0.15, -0.1) is 0 Å². The van der Waals surface area contributed by atoms with E-state index in [0.717, 1.165) is 14.7 Å². The minimum atomic E-state index is -5.84. The van der Waals surface area contributed by atoms with E-state index in [4.69, 9.17) is 21.9 Å². The number of halogens is 3. The van der Waals surface area contributed by atoms with Crippen LogP contribution in [0.5, 0.6) is 0 Å². The van der Waals surface area contributed by atoms with Crippen LogP contribution in [0, 0.1) is 0 Å². The Morgan fingerprint density at radius 2 is 1.03 bits per heavy atom. The highest BCUT2D eigenvalue weighted by molar-refractivity contribution is 8.56. The van der Waals surface area contributed by atoms with Gasteiger partial charge < -0.3 is 8.92 Å². The van der Waals surface area contributed by atoms with E-state index in [2.05, 4.69) is 0 Å². The normalized spacial score (nSPS) is 13.5. The van der Waals surface area contributed by atoms with Crippen LogP contribution in [-0.2, 0) is 19.0 Å². The molecule has 0 saturated heterocycles. The van der Waals surface area contributed by atoms with Crippen molar-refractivity contribution in [1.29, 1.82) is 0 Å². The number of thiol groups is 1. The SMILES string of the molecule is CO[SH](C(=O)OC(C)(C)C)(c1ccccc1)(c1ccccc1)c1ccccc1.O=S(=O)(O)C(F)(F)F. The molecule has 0 aliphatic rings. The molecule has 3 rings (SSSR count). The van der Waals surface area contributed by atoms with Crippen LogP contribution in [0.1, 0.15) is 20.8 Å². The molecule has 0 aromatic heterocycles. The van der Waals surface area contributed by atoms with Gasteiger partial charge in [-0.05, 0) is 57.2 Å². The lowest BCUT2D eigenvalue weighted by Crippen LogP contribution is -2.36. The first kappa shape index (κ1) is 29.4. The number of rotatable bonds is 4. The molecule has 0 heterocycles. The molecule has 198 valence electrons. The summed E-state index contributed by atoms with van der Waals surface area (Å²) >= 11 is 0. The summed E-state index contributed by atoms with van der Waals surface area (Å²) in [5.74, 6) is 0. The van der Waals surface area contributed by atoms with Gasteiger partial charge in [-0.1, -0.05) is 64.0 Å². The minimum absolute atomic E-state index is 0.343. The summed E-state index contributed by atoms with van der Waals surface area (Å²) in [4.78, 5) is 16.6. The topological polar surface area (TPSA) is 89.9 Å². The Balaban J connectivity index is 0.000000493. The molecular weight excluding hydrogens is 517 g/mol. The number of hydrogen-bond acceptors (Lipinski definition) is 5. The molecule has 0 spiro atoms. The predicted octanol–water partition coefficient (Wildman–Crippen LogP) is 7.13. The quantitative estimate of drug-likeness (QED) is 0.157. The van der Waals surface area contributed by atoms with Crippen molar-refractivity contribution >= 4 is 24.9 Å². The second kappa shape index (κ2) is 10.6. The minimum Gasteiger partial charge on any atom is -0.452 e. The fraction of sp³-hybridized carbons (Fsp3) is 0.240. The Kier molecular flexibility index (Phi) is 8.67. The highest BCUT2D eigenvalue weighted by atomic mass is 32.3. The molecule has 0 fully saturated rings. The number of carbonyl (C=O) groups is 1. The van der Waals surface area contributed by atoms with Gasteiger partial charge in [0, 0.05) is 21.8 Å². The maximum Gasteiger partial charge on any atom is 0.522 e. The number of alkyl halides is 3. The summed E-state index contributed by atoms with van der Waals surface area (Å²) in [6.45, 7) is 5.65. The first-order chi connectivity index (χ1) is 16.6. The molecule has 0 radical (unpaired) electrons. The van der Waals surface area contributed by atoms with Crippen LogP contribution in [-0.4, -0.2) is 36.5 Å². The van der Waals surface area contributed by atoms with Crippen LogP contribution in [0.4, 0.5) is 18.0 Å². The smallest absolute Gasteiger partial charge is 0.452 e. The molecule has 0 atom stereocenters. The fourth-order valence-electron chi connectivity index (χ4n) is 3.64. The van der Waals surface area contributed by atoms with E-state index in [1.807, 2.05) is 112 Å². The zero-order chi connectivity index (χ0) is 27.3. The third-order valence-corrected chi connectivity index (χ3v) is 11.1. The Bertz CT molecular complexity index is 1160. The lowest BCUT2D eigenvalue weighted by molar-refractivity contribution is -0.0510. The van der Waals surface area contributed by atoms with E-state index >= 15 is 0 Å². The molecule has 0 aliphatic heterocycles. The van der Waals surface area contributed by atoms with Crippen molar-refractivity contribution in [3.63, 3.8) is 0 Å². The predicted molar refractivity (Wildman–Crippen MR) is 134 cm³/mol. The molecule has 0 aliphatic carbocycles. The van der Waals surface area contributed by atoms with Crippen molar-refractivity contribution in [2.45, 2.75) is 46.6 Å². The van der Waals surface area contributed by atoms with Gasteiger partial charge in [-0.25, -0.2) is 4.79 Å². The van der Waals surface area contributed by atoms with Gasteiger partial charge in [-0.2, -0.15) is 21.6 Å². The van der Waals surface area contributed by atoms with Crippen molar-refractivity contribution in [3.8, 4) is 0 Å². The van der Waals surface area contributed by atoms with Gasteiger partial charge in [0.15, 0.2) is 0 Å². The van der Waals surface area contributed by atoms with Crippen LogP contribution >= 0.6 is 9.44 Å². The maximum absolute atomic E-state index is 14.1. The molecule has 0 unspecified atom stereocenters. The first-order valence-corrected chi connectivity index (χ1v) is 14.2. The molecule has 11 heteroatoms. The second-order valence-electron chi connectivity index (χ2n) is 8.63. The van der Waals surface area contributed by atoms with E-state index < -0.39 is 30.7 Å². The second-order valence-corrected chi connectivity index (χ2v) is 14.4. The lowest BCUT2D eigenvalue weighted by Gasteiger charge is -2.59.